The van der Waals surface area contributed by atoms with Crippen molar-refractivity contribution < 1.29 is 14.6 Å². The van der Waals surface area contributed by atoms with E-state index in [2.05, 4.69) is 27.6 Å². The van der Waals surface area contributed by atoms with Gasteiger partial charge in [0, 0.05) is 9.65 Å². The highest BCUT2D eigenvalue weighted by atomic mass is 127. The first-order valence-electron chi connectivity index (χ1n) is 5.88. The molecule has 0 bridgehead atoms. The molecule has 1 heterocycles. The molecule has 102 valence electrons. The normalized spacial score (nSPS) is 10.7. The van der Waals surface area contributed by atoms with Crippen LogP contribution in [-0.4, -0.2) is 16.1 Å². The summed E-state index contributed by atoms with van der Waals surface area (Å²) in [5.74, 6) is -0.345. The van der Waals surface area contributed by atoms with E-state index in [9.17, 15) is 4.79 Å². The Hall–Kier alpha value is -1.89. The Morgan fingerprint density at radius 2 is 2.00 bits per heavy atom. The average molecular weight is 381 g/mol. The number of carboxylic acids is 1. The molecule has 2 rings (SSSR count). The van der Waals surface area contributed by atoms with E-state index in [0.717, 1.165) is 11.6 Å². The molecule has 0 fully saturated rings. The Balaban J connectivity index is 1.93. The maximum Gasteiger partial charge on any atom is 0.328 e. The van der Waals surface area contributed by atoms with Crippen LogP contribution in [0.4, 0.5) is 0 Å². The number of aromatic nitrogens is 1. The van der Waals surface area contributed by atoms with Gasteiger partial charge in [0.15, 0.2) is 0 Å². The number of carboxylic acid groups (broad SMARTS) is 1. The standard InChI is InChI=1S/C15H12INO3/c16-12-3-1-11(2-4-12)10-20-14-7-5-13(17-9-14)6-8-15(18)19/h1-9H,10H2,(H,18,19). The summed E-state index contributed by atoms with van der Waals surface area (Å²) in [6.45, 7) is 0.475. The first-order chi connectivity index (χ1) is 9.63. The van der Waals surface area contributed by atoms with Gasteiger partial charge in [-0.25, -0.2) is 4.79 Å². The molecule has 0 saturated heterocycles. The van der Waals surface area contributed by atoms with Crippen LogP contribution in [0.3, 0.4) is 0 Å². The van der Waals surface area contributed by atoms with Crippen molar-refractivity contribution in [2.75, 3.05) is 0 Å². The maximum atomic E-state index is 10.4. The third-order valence-corrected chi connectivity index (χ3v) is 3.19. The van der Waals surface area contributed by atoms with Crippen LogP contribution in [0.5, 0.6) is 5.75 Å². The zero-order valence-corrected chi connectivity index (χ0v) is 12.6. The van der Waals surface area contributed by atoms with E-state index in [4.69, 9.17) is 9.84 Å². The number of hydrogen-bond acceptors (Lipinski definition) is 3. The van der Waals surface area contributed by atoms with Crippen LogP contribution in [0.25, 0.3) is 6.08 Å². The summed E-state index contributed by atoms with van der Waals surface area (Å²) in [5.41, 5.74) is 1.66. The zero-order valence-electron chi connectivity index (χ0n) is 10.5. The quantitative estimate of drug-likeness (QED) is 0.638. The predicted molar refractivity (Wildman–Crippen MR) is 84.4 cm³/mol. The fraction of sp³-hybridized carbons (Fsp3) is 0.0667. The predicted octanol–water partition coefficient (Wildman–Crippen LogP) is 3.36. The van der Waals surface area contributed by atoms with Crippen molar-refractivity contribution in [3.8, 4) is 5.75 Å². The smallest absolute Gasteiger partial charge is 0.328 e. The van der Waals surface area contributed by atoms with E-state index >= 15 is 0 Å². The van der Waals surface area contributed by atoms with Crippen molar-refractivity contribution >= 4 is 34.6 Å². The molecule has 0 radical (unpaired) electrons. The molecule has 1 aromatic heterocycles. The van der Waals surface area contributed by atoms with Gasteiger partial charge in [-0.05, 0) is 58.5 Å². The molecule has 5 heteroatoms. The minimum absolute atomic E-state index is 0.475. The van der Waals surface area contributed by atoms with Crippen molar-refractivity contribution in [3.63, 3.8) is 0 Å². The number of hydrogen-bond donors (Lipinski definition) is 1. The molecule has 0 saturated carbocycles. The van der Waals surface area contributed by atoms with Gasteiger partial charge >= 0.3 is 5.97 Å². The maximum absolute atomic E-state index is 10.4. The Bertz CT molecular complexity index is 606. The van der Waals surface area contributed by atoms with E-state index < -0.39 is 5.97 Å². The zero-order chi connectivity index (χ0) is 14.4. The second kappa shape index (κ2) is 7.04. The van der Waals surface area contributed by atoms with Gasteiger partial charge < -0.3 is 9.84 Å². The van der Waals surface area contributed by atoms with Gasteiger partial charge in [-0.3, -0.25) is 4.98 Å². The SMILES string of the molecule is O=C(O)C=Cc1ccc(OCc2ccc(I)cc2)cn1. The van der Waals surface area contributed by atoms with Gasteiger partial charge in [0.25, 0.3) is 0 Å². The summed E-state index contributed by atoms with van der Waals surface area (Å²) >= 11 is 2.25. The molecule has 0 aliphatic rings. The van der Waals surface area contributed by atoms with E-state index in [1.165, 1.54) is 9.65 Å². The van der Waals surface area contributed by atoms with Gasteiger partial charge in [-0.1, -0.05) is 12.1 Å². The number of pyridine rings is 1. The summed E-state index contributed by atoms with van der Waals surface area (Å²) in [5, 5.41) is 8.52. The van der Waals surface area contributed by atoms with Crippen LogP contribution < -0.4 is 4.74 Å². The molecule has 2 aromatic rings. The number of nitrogens with zero attached hydrogens (tertiary/aromatic N) is 1. The molecule has 0 aliphatic carbocycles. The molecule has 0 unspecified atom stereocenters. The molecule has 0 aliphatic heterocycles. The van der Waals surface area contributed by atoms with E-state index in [-0.39, 0.29) is 0 Å². The second-order valence-corrected chi connectivity index (χ2v) is 5.25. The van der Waals surface area contributed by atoms with Crippen LogP contribution >= 0.6 is 22.6 Å². The van der Waals surface area contributed by atoms with Gasteiger partial charge in [0.05, 0.1) is 11.9 Å². The molecule has 0 amide bonds. The van der Waals surface area contributed by atoms with Crippen LogP contribution in [0.1, 0.15) is 11.3 Å². The number of halogens is 1. The summed E-state index contributed by atoms with van der Waals surface area (Å²) in [6.07, 6.45) is 4.06. The molecular formula is C15H12INO3. The lowest BCUT2D eigenvalue weighted by Gasteiger charge is -2.06. The van der Waals surface area contributed by atoms with Crippen LogP contribution in [-0.2, 0) is 11.4 Å². The number of rotatable bonds is 5. The number of ether oxygens (including phenoxy) is 1. The van der Waals surface area contributed by atoms with E-state index in [1.54, 1.807) is 18.3 Å². The van der Waals surface area contributed by atoms with Crippen molar-refractivity contribution in [2.24, 2.45) is 0 Å². The minimum atomic E-state index is -0.995. The largest absolute Gasteiger partial charge is 0.487 e. The Labute approximate surface area is 130 Å². The fourth-order valence-electron chi connectivity index (χ4n) is 1.48. The third kappa shape index (κ3) is 4.65. The first kappa shape index (κ1) is 14.5. The molecule has 4 nitrogen and oxygen atoms in total. The molecule has 0 atom stereocenters. The van der Waals surface area contributed by atoms with E-state index in [1.807, 2.05) is 24.3 Å². The monoisotopic (exact) mass is 381 g/mol. The lowest BCUT2D eigenvalue weighted by atomic mass is 10.2. The summed E-state index contributed by atoms with van der Waals surface area (Å²) < 4.78 is 6.79. The minimum Gasteiger partial charge on any atom is -0.487 e. The molecule has 1 N–H and O–H groups in total. The summed E-state index contributed by atoms with van der Waals surface area (Å²) in [6, 6.07) is 11.6. The Morgan fingerprint density at radius 3 is 2.60 bits per heavy atom. The van der Waals surface area contributed by atoms with Crippen molar-refractivity contribution in [1.82, 2.24) is 4.98 Å². The average Bonchev–Trinajstić information content (AvgIpc) is 2.45. The number of benzene rings is 1. The van der Waals surface area contributed by atoms with Crippen LogP contribution in [0.2, 0.25) is 0 Å². The van der Waals surface area contributed by atoms with Gasteiger partial charge in [0.1, 0.15) is 12.4 Å². The highest BCUT2D eigenvalue weighted by molar-refractivity contribution is 14.1. The second-order valence-electron chi connectivity index (χ2n) is 4.01. The van der Waals surface area contributed by atoms with Crippen molar-refractivity contribution in [3.05, 3.63) is 63.5 Å². The third-order valence-electron chi connectivity index (χ3n) is 2.47. The lowest BCUT2D eigenvalue weighted by Crippen LogP contribution is -1.96. The van der Waals surface area contributed by atoms with E-state index in [0.29, 0.717) is 18.1 Å². The topological polar surface area (TPSA) is 59.4 Å². The molecule has 1 aromatic carbocycles. The first-order valence-corrected chi connectivity index (χ1v) is 6.96. The van der Waals surface area contributed by atoms with Gasteiger partial charge in [0.2, 0.25) is 0 Å². The highest BCUT2D eigenvalue weighted by Gasteiger charge is 1.97. The van der Waals surface area contributed by atoms with Crippen molar-refractivity contribution in [2.45, 2.75) is 6.61 Å². The molecule has 20 heavy (non-hydrogen) atoms. The summed E-state index contributed by atoms with van der Waals surface area (Å²) in [4.78, 5) is 14.5. The highest BCUT2D eigenvalue weighted by Crippen LogP contribution is 2.13. The number of aliphatic carboxylic acids is 1. The van der Waals surface area contributed by atoms with Gasteiger partial charge in [-0.15, -0.1) is 0 Å². The van der Waals surface area contributed by atoms with Crippen LogP contribution in [0.15, 0.2) is 48.7 Å². The van der Waals surface area contributed by atoms with Crippen LogP contribution in [0, 0.1) is 3.57 Å². The molecular weight excluding hydrogens is 369 g/mol. The fourth-order valence-corrected chi connectivity index (χ4v) is 1.84. The molecule has 0 spiro atoms. The lowest BCUT2D eigenvalue weighted by molar-refractivity contribution is -0.131. The Morgan fingerprint density at radius 1 is 1.25 bits per heavy atom. The number of carbonyl (C=O) groups is 1. The Kier molecular flexibility index (Phi) is 5.11. The van der Waals surface area contributed by atoms with Crippen molar-refractivity contribution in [1.29, 1.82) is 0 Å². The summed E-state index contributed by atoms with van der Waals surface area (Å²) in [7, 11) is 0. The van der Waals surface area contributed by atoms with Gasteiger partial charge in [-0.2, -0.15) is 0 Å².